The van der Waals surface area contributed by atoms with Crippen molar-refractivity contribution in [2.45, 2.75) is 11.8 Å². The highest BCUT2D eigenvalue weighted by atomic mass is 32.2. The van der Waals surface area contributed by atoms with E-state index in [4.69, 9.17) is 4.74 Å². The van der Waals surface area contributed by atoms with Crippen LogP contribution in [0.1, 0.15) is 12.5 Å². The van der Waals surface area contributed by atoms with E-state index in [1.807, 2.05) is 11.6 Å². The number of aryl methyl sites for hydroxylation is 1. The number of sulfonamides is 1. The molecule has 1 heterocycles. The maximum absolute atomic E-state index is 11.9. The highest BCUT2D eigenvalue weighted by Crippen LogP contribution is 2.13. The number of hydrogen-bond acceptors (Lipinski definition) is 5. The number of nitrogens with zero attached hydrogens (tertiary/aromatic N) is 2. The summed E-state index contributed by atoms with van der Waals surface area (Å²) in [6.45, 7) is 2.46. The molecule has 1 aromatic carbocycles. The molecule has 2 aromatic rings. The molecule has 0 unspecified atom stereocenters. The van der Waals surface area contributed by atoms with Gasteiger partial charge >= 0.3 is 0 Å². The Morgan fingerprint density at radius 3 is 2.61 bits per heavy atom. The van der Waals surface area contributed by atoms with Gasteiger partial charge in [-0.05, 0) is 30.7 Å². The summed E-state index contributed by atoms with van der Waals surface area (Å²) in [5, 5.41) is 3.76. The fourth-order valence-corrected chi connectivity index (χ4v) is 2.70. The molecule has 0 saturated carbocycles. The molecule has 1 amide bonds. The van der Waals surface area contributed by atoms with E-state index in [1.54, 1.807) is 31.3 Å². The van der Waals surface area contributed by atoms with Gasteiger partial charge in [0.1, 0.15) is 10.6 Å². The van der Waals surface area contributed by atoms with Gasteiger partial charge in [0.05, 0.1) is 12.8 Å². The Balaban J connectivity index is 2.01. The van der Waals surface area contributed by atoms with Crippen molar-refractivity contribution in [2.24, 2.45) is 7.05 Å². The number of rotatable bonds is 6. The Morgan fingerprint density at radius 1 is 1.35 bits per heavy atom. The third-order valence-corrected chi connectivity index (χ3v) is 4.15. The van der Waals surface area contributed by atoms with Crippen LogP contribution in [0.25, 0.3) is 6.08 Å². The third-order valence-electron chi connectivity index (χ3n) is 2.84. The molecule has 2 rings (SSSR count). The number of aromatic nitrogens is 2. The molecule has 0 aliphatic rings. The van der Waals surface area contributed by atoms with E-state index in [9.17, 15) is 13.2 Å². The van der Waals surface area contributed by atoms with Crippen LogP contribution in [0.5, 0.6) is 5.75 Å². The Hall–Kier alpha value is -2.61. The molecule has 122 valence electrons. The minimum atomic E-state index is -3.91. The van der Waals surface area contributed by atoms with Gasteiger partial charge in [-0.3, -0.25) is 9.48 Å². The van der Waals surface area contributed by atoms with E-state index in [1.165, 1.54) is 23.2 Å². The molecule has 7 nitrogen and oxygen atoms in total. The number of nitrogens with one attached hydrogen (secondary N) is 1. The van der Waals surface area contributed by atoms with Crippen molar-refractivity contribution in [1.29, 1.82) is 0 Å². The van der Waals surface area contributed by atoms with Crippen molar-refractivity contribution in [3.63, 3.8) is 0 Å². The fourth-order valence-electron chi connectivity index (χ4n) is 1.78. The van der Waals surface area contributed by atoms with Crippen molar-refractivity contribution in [3.8, 4) is 5.75 Å². The maximum Gasteiger partial charge on any atom is 0.267 e. The van der Waals surface area contributed by atoms with Crippen LogP contribution in [0.3, 0.4) is 0 Å². The van der Waals surface area contributed by atoms with Gasteiger partial charge < -0.3 is 4.74 Å². The van der Waals surface area contributed by atoms with E-state index < -0.39 is 15.9 Å². The molecule has 0 fully saturated rings. The predicted molar refractivity (Wildman–Crippen MR) is 85.2 cm³/mol. The Labute approximate surface area is 134 Å². The first-order valence-corrected chi connectivity index (χ1v) is 8.35. The van der Waals surface area contributed by atoms with E-state index in [0.717, 1.165) is 17.4 Å². The molecule has 0 radical (unpaired) electrons. The first kappa shape index (κ1) is 16.8. The van der Waals surface area contributed by atoms with E-state index in [-0.39, 0.29) is 4.90 Å². The van der Waals surface area contributed by atoms with Crippen LogP contribution in [-0.4, -0.2) is 30.7 Å². The van der Waals surface area contributed by atoms with Gasteiger partial charge in [0.15, 0.2) is 0 Å². The van der Waals surface area contributed by atoms with Crippen molar-refractivity contribution in [3.05, 3.63) is 48.3 Å². The molecule has 0 atom stereocenters. The normalized spacial score (nSPS) is 11.6. The molecule has 0 spiro atoms. The zero-order chi connectivity index (χ0) is 16.9. The number of ether oxygens (including phenoxy) is 1. The van der Waals surface area contributed by atoms with Crippen LogP contribution < -0.4 is 9.46 Å². The molecule has 1 N–H and O–H groups in total. The van der Waals surface area contributed by atoms with Gasteiger partial charge in [0.25, 0.3) is 15.9 Å². The van der Waals surface area contributed by atoms with Gasteiger partial charge in [0, 0.05) is 19.3 Å². The Kier molecular flexibility index (Phi) is 5.17. The second-order valence-corrected chi connectivity index (χ2v) is 6.34. The summed E-state index contributed by atoms with van der Waals surface area (Å²) in [6, 6.07) is 7.08. The van der Waals surface area contributed by atoms with Crippen LogP contribution in [-0.2, 0) is 21.9 Å². The summed E-state index contributed by atoms with van der Waals surface area (Å²) < 4.78 is 32.5. The minimum absolute atomic E-state index is 0.0668. The number of benzene rings is 1. The van der Waals surface area contributed by atoms with Crippen molar-refractivity contribution < 1.29 is 17.9 Å². The van der Waals surface area contributed by atoms with Crippen molar-refractivity contribution in [1.82, 2.24) is 14.5 Å². The van der Waals surface area contributed by atoms with Crippen LogP contribution in [0, 0.1) is 0 Å². The number of carbonyl (C=O) groups is 1. The highest BCUT2D eigenvalue weighted by Gasteiger charge is 2.17. The molecule has 0 saturated heterocycles. The molecule has 0 aliphatic heterocycles. The highest BCUT2D eigenvalue weighted by molar-refractivity contribution is 7.90. The van der Waals surface area contributed by atoms with Crippen molar-refractivity contribution in [2.75, 3.05) is 6.61 Å². The van der Waals surface area contributed by atoms with E-state index in [2.05, 4.69) is 5.10 Å². The SMILES string of the molecule is CCOc1ccc(/C=C/C(=O)NS(=O)(=O)c2cnn(C)c2)cc1. The van der Waals surface area contributed by atoms with Gasteiger partial charge in [-0.1, -0.05) is 12.1 Å². The summed E-state index contributed by atoms with van der Waals surface area (Å²) in [6.07, 6.45) is 5.16. The fraction of sp³-hybridized carbons (Fsp3) is 0.200. The summed E-state index contributed by atoms with van der Waals surface area (Å²) in [5.41, 5.74) is 0.752. The second-order valence-electron chi connectivity index (χ2n) is 4.65. The number of hydrogen-bond donors (Lipinski definition) is 1. The molecule has 1 aromatic heterocycles. The monoisotopic (exact) mass is 335 g/mol. The number of amides is 1. The smallest absolute Gasteiger partial charge is 0.267 e. The summed E-state index contributed by atoms with van der Waals surface area (Å²) >= 11 is 0. The Bertz CT molecular complexity index is 808. The van der Waals surface area contributed by atoms with Crippen LogP contribution in [0.15, 0.2) is 47.6 Å². The average Bonchev–Trinajstić information content (AvgIpc) is 2.94. The first-order valence-electron chi connectivity index (χ1n) is 6.87. The molecular weight excluding hydrogens is 318 g/mol. The lowest BCUT2D eigenvalue weighted by atomic mass is 10.2. The zero-order valence-corrected chi connectivity index (χ0v) is 13.6. The van der Waals surface area contributed by atoms with Gasteiger partial charge in [-0.15, -0.1) is 0 Å². The standard InChI is InChI=1S/C15H17N3O4S/c1-3-22-13-7-4-12(5-8-13)6-9-15(19)17-23(20,21)14-10-16-18(2)11-14/h4-11H,3H2,1-2H3,(H,17,19)/b9-6+. The average molecular weight is 335 g/mol. The minimum Gasteiger partial charge on any atom is -0.494 e. The van der Waals surface area contributed by atoms with Crippen molar-refractivity contribution >= 4 is 22.0 Å². The lowest BCUT2D eigenvalue weighted by Crippen LogP contribution is -2.28. The van der Waals surface area contributed by atoms with Gasteiger partial charge in [-0.25, -0.2) is 13.1 Å². The summed E-state index contributed by atoms with van der Waals surface area (Å²) in [7, 11) is -2.32. The zero-order valence-electron chi connectivity index (χ0n) is 12.8. The van der Waals surface area contributed by atoms with Crippen LogP contribution in [0.4, 0.5) is 0 Å². The second kappa shape index (κ2) is 7.10. The van der Waals surface area contributed by atoms with Gasteiger partial charge in [0.2, 0.25) is 0 Å². The molecule has 23 heavy (non-hydrogen) atoms. The predicted octanol–water partition coefficient (Wildman–Crippen LogP) is 1.34. The number of carbonyl (C=O) groups excluding carboxylic acids is 1. The summed E-state index contributed by atoms with van der Waals surface area (Å²) in [5.74, 6) is -0.00371. The molecule has 0 aliphatic carbocycles. The van der Waals surface area contributed by atoms with Crippen LogP contribution >= 0.6 is 0 Å². The largest absolute Gasteiger partial charge is 0.494 e. The third kappa shape index (κ3) is 4.68. The topological polar surface area (TPSA) is 90.3 Å². The lowest BCUT2D eigenvalue weighted by Gasteiger charge is -2.03. The molecular formula is C15H17N3O4S. The molecule has 0 bridgehead atoms. The van der Waals surface area contributed by atoms with E-state index >= 15 is 0 Å². The lowest BCUT2D eigenvalue weighted by molar-refractivity contribution is -0.114. The first-order chi connectivity index (χ1) is 10.9. The molecule has 8 heteroatoms. The van der Waals surface area contributed by atoms with Crippen LogP contribution in [0.2, 0.25) is 0 Å². The summed E-state index contributed by atoms with van der Waals surface area (Å²) in [4.78, 5) is 11.7. The van der Waals surface area contributed by atoms with E-state index in [0.29, 0.717) is 6.61 Å². The quantitative estimate of drug-likeness (QED) is 0.805. The maximum atomic E-state index is 11.9. The van der Waals surface area contributed by atoms with Gasteiger partial charge in [-0.2, -0.15) is 5.10 Å². The Morgan fingerprint density at radius 2 is 2.04 bits per heavy atom.